The molecule has 0 aliphatic rings. The number of nitrogens with zero attached hydrogens (tertiary/aromatic N) is 2. The van der Waals surface area contributed by atoms with Gasteiger partial charge in [0.2, 0.25) is 0 Å². The topological polar surface area (TPSA) is 41.6 Å². The third-order valence-corrected chi connectivity index (χ3v) is 2.98. The first kappa shape index (κ1) is 17.3. The highest BCUT2D eigenvalue weighted by Gasteiger charge is 2.37. The van der Waals surface area contributed by atoms with Crippen molar-refractivity contribution in [3.63, 3.8) is 0 Å². The summed E-state index contributed by atoms with van der Waals surface area (Å²) in [5.41, 5.74) is -3.12. The van der Waals surface area contributed by atoms with E-state index in [2.05, 4.69) is 15.2 Å². The number of hydrogen-bond acceptors (Lipinski definition) is 2. The molecule has 0 radical (unpaired) electrons. The van der Waals surface area contributed by atoms with E-state index in [-0.39, 0.29) is 23.4 Å². The van der Waals surface area contributed by atoms with Crippen molar-refractivity contribution in [2.24, 2.45) is 5.92 Å². The quantitative estimate of drug-likeness (QED) is 0.824. The number of benzene rings is 1. The fourth-order valence-corrected chi connectivity index (χ4v) is 1.99. The number of halogens is 6. The van der Waals surface area contributed by atoms with Gasteiger partial charge in [0.05, 0.1) is 11.1 Å². The summed E-state index contributed by atoms with van der Waals surface area (Å²) in [5.74, 6) is 0.418. The molecule has 1 aromatic carbocycles. The normalized spacial score (nSPS) is 12.9. The SMILES string of the molecule is CC(C)Cc1nc(-c2cc(C(F)(F)F)cc(C(F)(F)F)c2)n[nH]1. The zero-order chi connectivity index (χ0) is 17.4. The summed E-state index contributed by atoms with van der Waals surface area (Å²) < 4.78 is 76.9. The van der Waals surface area contributed by atoms with Crippen molar-refractivity contribution in [1.29, 1.82) is 0 Å². The van der Waals surface area contributed by atoms with Crippen LogP contribution in [0, 0.1) is 5.92 Å². The number of H-pyrrole nitrogens is 1. The van der Waals surface area contributed by atoms with Crippen LogP contribution in [0.4, 0.5) is 26.3 Å². The standard InChI is InChI=1S/C14H13F6N3/c1-7(2)3-11-21-12(23-22-11)8-4-9(13(15,16)17)6-10(5-8)14(18,19)20/h4-7H,3H2,1-2H3,(H,21,22,23). The van der Waals surface area contributed by atoms with Crippen molar-refractivity contribution in [3.8, 4) is 11.4 Å². The number of alkyl halides is 6. The first-order chi connectivity index (χ1) is 10.5. The second-order valence-corrected chi connectivity index (χ2v) is 5.50. The van der Waals surface area contributed by atoms with Crippen LogP contribution in [0.15, 0.2) is 18.2 Å². The van der Waals surface area contributed by atoms with E-state index in [0.29, 0.717) is 24.4 Å². The molecular weight excluding hydrogens is 324 g/mol. The first-order valence-electron chi connectivity index (χ1n) is 6.68. The smallest absolute Gasteiger partial charge is 0.263 e. The molecule has 23 heavy (non-hydrogen) atoms. The minimum atomic E-state index is -4.90. The summed E-state index contributed by atoms with van der Waals surface area (Å²) in [6.45, 7) is 3.79. The average Bonchev–Trinajstić information content (AvgIpc) is 2.83. The molecular formula is C14H13F6N3. The number of nitrogens with one attached hydrogen (secondary N) is 1. The fourth-order valence-electron chi connectivity index (χ4n) is 1.99. The molecule has 126 valence electrons. The van der Waals surface area contributed by atoms with Gasteiger partial charge >= 0.3 is 12.4 Å². The minimum absolute atomic E-state index is 0.0746. The van der Waals surface area contributed by atoms with Crippen molar-refractivity contribution >= 4 is 0 Å². The van der Waals surface area contributed by atoms with E-state index < -0.39 is 23.5 Å². The van der Waals surface area contributed by atoms with Crippen LogP contribution < -0.4 is 0 Å². The van der Waals surface area contributed by atoms with E-state index in [1.807, 2.05) is 13.8 Å². The van der Waals surface area contributed by atoms with Gasteiger partial charge in [-0.1, -0.05) is 13.8 Å². The highest BCUT2D eigenvalue weighted by Crippen LogP contribution is 2.38. The molecule has 0 saturated heterocycles. The van der Waals surface area contributed by atoms with Crippen LogP contribution in [0.2, 0.25) is 0 Å². The lowest BCUT2D eigenvalue weighted by Gasteiger charge is -2.13. The zero-order valence-electron chi connectivity index (χ0n) is 12.2. The van der Waals surface area contributed by atoms with Gasteiger partial charge in [0, 0.05) is 12.0 Å². The second kappa shape index (κ2) is 5.86. The molecule has 0 saturated carbocycles. The molecule has 1 heterocycles. The molecule has 0 fully saturated rings. The molecule has 1 N–H and O–H groups in total. The molecule has 3 nitrogen and oxygen atoms in total. The van der Waals surface area contributed by atoms with Crippen molar-refractivity contribution < 1.29 is 26.3 Å². The van der Waals surface area contributed by atoms with Crippen LogP contribution in [0.5, 0.6) is 0 Å². The third kappa shape index (κ3) is 4.23. The lowest BCUT2D eigenvalue weighted by molar-refractivity contribution is -0.143. The maximum absolute atomic E-state index is 12.8. The van der Waals surface area contributed by atoms with Crippen LogP contribution in [0.3, 0.4) is 0 Å². The van der Waals surface area contributed by atoms with Crippen molar-refractivity contribution in [3.05, 3.63) is 35.2 Å². The Bertz CT molecular complexity index is 652. The van der Waals surface area contributed by atoms with E-state index in [0.717, 1.165) is 0 Å². The monoisotopic (exact) mass is 337 g/mol. The predicted molar refractivity (Wildman–Crippen MR) is 70.4 cm³/mol. The molecule has 0 aliphatic carbocycles. The number of hydrogen-bond donors (Lipinski definition) is 1. The Morgan fingerprint density at radius 3 is 1.91 bits per heavy atom. The predicted octanol–water partition coefficient (Wildman–Crippen LogP) is 4.71. The lowest BCUT2D eigenvalue weighted by Crippen LogP contribution is -2.11. The first-order valence-corrected chi connectivity index (χ1v) is 6.68. The second-order valence-electron chi connectivity index (χ2n) is 5.50. The molecule has 0 unspecified atom stereocenters. The van der Waals surface area contributed by atoms with Gasteiger partial charge in [-0.15, -0.1) is 0 Å². The number of rotatable bonds is 3. The van der Waals surface area contributed by atoms with Gasteiger partial charge < -0.3 is 0 Å². The molecule has 9 heteroatoms. The fraction of sp³-hybridized carbons (Fsp3) is 0.429. The summed E-state index contributed by atoms with van der Waals surface area (Å²) >= 11 is 0. The average molecular weight is 337 g/mol. The van der Waals surface area contributed by atoms with Gasteiger partial charge in [0.15, 0.2) is 5.82 Å². The van der Waals surface area contributed by atoms with Crippen molar-refractivity contribution in [2.75, 3.05) is 0 Å². The van der Waals surface area contributed by atoms with E-state index in [9.17, 15) is 26.3 Å². The summed E-state index contributed by atoms with van der Waals surface area (Å²) in [7, 11) is 0. The molecule has 0 atom stereocenters. The highest BCUT2D eigenvalue weighted by atomic mass is 19.4. The molecule has 0 bridgehead atoms. The Morgan fingerprint density at radius 2 is 1.48 bits per heavy atom. The highest BCUT2D eigenvalue weighted by molar-refractivity contribution is 5.58. The molecule has 0 aliphatic heterocycles. The van der Waals surface area contributed by atoms with Gasteiger partial charge in [0.1, 0.15) is 5.82 Å². The summed E-state index contributed by atoms with van der Waals surface area (Å²) in [5, 5.41) is 6.24. The Kier molecular flexibility index (Phi) is 4.41. The molecule has 0 amide bonds. The maximum Gasteiger partial charge on any atom is 0.416 e. The van der Waals surface area contributed by atoms with E-state index in [4.69, 9.17) is 0 Å². The molecule has 2 aromatic rings. The van der Waals surface area contributed by atoms with Crippen LogP contribution in [0.25, 0.3) is 11.4 Å². The van der Waals surface area contributed by atoms with Crippen LogP contribution >= 0.6 is 0 Å². The Morgan fingerprint density at radius 1 is 0.957 bits per heavy atom. The van der Waals surface area contributed by atoms with Gasteiger partial charge in [0.25, 0.3) is 0 Å². The van der Waals surface area contributed by atoms with E-state index >= 15 is 0 Å². The molecule has 0 spiro atoms. The molecule has 2 rings (SSSR count). The zero-order valence-corrected chi connectivity index (χ0v) is 12.2. The molecule has 1 aromatic heterocycles. The van der Waals surface area contributed by atoms with Crippen LogP contribution in [-0.2, 0) is 18.8 Å². The maximum atomic E-state index is 12.8. The largest absolute Gasteiger partial charge is 0.416 e. The van der Waals surface area contributed by atoms with E-state index in [1.54, 1.807) is 0 Å². The number of aromatic nitrogens is 3. The van der Waals surface area contributed by atoms with Crippen LogP contribution in [0.1, 0.15) is 30.8 Å². The van der Waals surface area contributed by atoms with Gasteiger partial charge in [-0.25, -0.2) is 4.98 Å². The van der Waals surface area contributed by atoms with Crippen molar-refractivity contribution in [2.45, 2.75) is 32.6 Å². The third-order valence-electron chi connectivity index (χ3n) is 2.98. The Hall–Kier alpha value is -2.06. The van der Waals surface area contributed by atoms with Crippen molar-refractivity contribution in [1.82, 2.24) is 15.2 Å². The van der Waals surface area contributed by atoms with E-state index in [1.165, 1.54) is 0 Å². The van der Waals surface area contributed by atoms with Gasteiger partial charge in [-0.05, 0) is 24.1 Å². The number of aromatic amines is 1. The summed E-state index contributed by atoms with van der Waals surface area (Å²) in [6.07, 6.45) is -9.31. The van der Waals surface area contributed by atoms with Crippen LogP contribution in [-0.4, -0.2) is 15.2 Å². The Labute approximate surface area is 127 Å². The van der Waals surface area contributed by atoms with Gasteiger partial charge in [-0.2, -0.15) is 31.4 Å². The summed E-state index contributed by atoms with van der Waals surface area (Å²) in [6, 6.07) is 1.29. The minimum Gasteiger partial charge on any atom is -0.263 e. The lowest BCUT2D eigenvalue weighted by atomic mass is 10.0. The van der Waals surface area contributed by atoms with Gasteiger partial charge in [-0.3, -0.25) is 5.10 Å². The Balaban J connectivity index is 2.51. The summed E-state index contributed by atoms with van der Waals surface area (Å²) in [4.78, 5) is 3.97.